The van der Waals surface area contributed by atoms with Crippen molar-refractivity contribution in [3.8, 4) is 11.3 Å². The van der Waals surface area contributed by atoms with E-state index in [1.165, 1.54) is 35.5 Å². The SMILES string of the molecule is CO/N=C(\C(=O)N[C@@H]1C(=O)N2C(C(=O)O)=C(CSc3nnc4ccc(-c5ccccc5)nn34)CS[C@@H]12)c1csc(N)n1. The second-order valence-corrected chi connectivity index (χ2v) is 11.9. The van der Waals surface area contributed by atoms with Crippen LogP contribution in [0.5, 0.6) is 0 Å². The van der Waals surface area contributed by atoms with Gasteiger partial charge in [0.05, 0.1) is 5.69 Å². The van der Waals surface area contributed by atoms with Gasteiger partial charge in [0.1, 0.15) is 29.9 Å². The Balaban J connectivity index is 1.19. The zero-order valence-corrected chi connectivity index (χ0v) is 24.2. The number of nitrogens with zero attached hydrogens (tertiary/aromatic N) is 7. The highest BCUT2D eigenvalue weighted by molar-refractivity contribution is 8.01. The van der Waals surface area contributed by atoms with Gasteiger partial charge in [-0.2, -0.15) is 9.61 Å². The fourth-order valence-electron chi connectivity index (χ4n) is 4.47. The van der Waals surface area contributed by atoms with E-state index in [9.17, 15) is 19.5 Å². The number of fused-ring (bicyclic) bond motifs is 2. The van der Waals surface area contributed by atoms with Crippen molar-refractivity contribution in [1.82, 2.24) is 35.0 Å². The topological polar surface area (TPSA) is 190 Å². The van der Waals surface area contributed by atoms with E-state index < -0.39 is 29.2 Å². The average molecular weight is 624 g/mol. The summed E-state index contributed by atoms with van der Waals surface area (Å²) in [6.45, 7) is 0. The number of carbonyl (C=O) groups is 3. The Bertz CT molecular complexity index is 1770. The molecular formula is C25H21N9O5S3. The van der Waals surface area contributed by atoms with E-state index >= 15 is 0 Å². The van der Waals surface area contributed by atoms with Gasteiger partial charge in [-0.05, 0) is 17.7 Å². The van der Waals surface area contributed by atoms with Crippen molar-refractivity contribution in [2.75, 3.05) is 24.3 Å². The van der Waals surface area contributed by atoms with Gasteiger partial charge in [0.2, 0.25) is 5.16 Å². The van der Waals surface area contributed by atoms with Crippen LogP contribution in [0.15, 0.2) is 69.4 Å². The number of amides is 2. The minimum absolute atomic E-state index is 0.105. The van der Waals surface area contributed by atoms with Crippen molar-refractivity contribution < 1.29 is 24.3 Å². The number of thiazole rings is 1. The normalized spacial score (nSPS) is 18.5. The number of aromatic nitrogens is 5. The van der Waals surface area contributed by atoms with Crippen LogP contribution in [0, 0.1) is 0 Å². The van der Waals surface area contributed by atoms with E-state index in [1.807, 2.05) is 42.5 Å². The average Bonchev–Trinajstić information content (AvgIpc) is 3.62. The zero-order chi connectivity index (χ0) is 29.4. The molecule has 4 N–H and O–H groups in total. The van der Waals surface area contributed by atoms with Gasteiger partial charge in [-0.15, -0.1) is 33.3 Å². The van der Waals surface area contributed by atoms with Gasteiger partial charge in [-0.1, -0.05) is 47.2 Å². The molecule has 5 heterocycles. The third kappa shape index (κ3) is 5.05. The van der Waals surface area contributed by atoms with Crippen LogP contribution in [-0.4, -0.2) is 88.3 Å². The van der Waals surface area contributed by atoms with E-state index in [2.05, 4.69) is 30.8 Å². The first-order chi connectivity index (χ1) is 20.4. The number of carboxylic acids is 1. The maximum atomic E-state index is 13.1. The van der Waals surface area contributed by atoms with Gasteiger partial charge in [-0.25, -0.2) is 9.78 Å². The maximum absolute atomic E-state index is 13.1. The molecule has 0 saturated carbocycles. The summed E-state index contributed by atoms with van der Waals surface area (Å²) >= 11 is 3.75. The Morgan fingerprint density at radius 1 is 1.24 bits per heavy atom. The van der Waals surface area contributed by atoms with Crippen LogP contribution in [0.1, 0.15) is 5.69 Å². The predicted octanol–water partition coefficient (Wildman–Crippen LogP) is 1.71. The fraction of sp³-hybridized carbons (Fsp3) is 0.200. The van der Waals surface area contributed by atoms with Gasteiger partial charge >= 0.3 is 5.97 Å². The van der Waals surface area contributed by atoms with Crippen molar-refractivity contribution in [2.45, 2.75) is 16.6 Å². The molecule has 2 amide bonds. The van der Waals surface area contributed by atoms with E-state index in [-0.39, 0.29) is 28.0 Å². The number of nitrogen functional groups attached to an aromatic ring is 1. The van der Waals surface area contributed by atoms with Crippen molar-refractivity contribution in [2.24, 2.45) is 5.16 Å². The molecule has 0 spiro atoms. The van der Waals surface area contributed by atoms with Crippen LogP contribution in [0.3, 0.4) is 0 Å². The lowest BCUT2D eigenvalue weighted by Gasteiger charge is -2.49. The number of rotatable bonds is 9. The van der Waals surface area contributed by atoms with Crippen LogP contribution in [0.4, 0.5) is 5.13 Å². The number of nitrogens with one attached hydrogen (secondary N) is 1. The zero-order valence-electron chi connectivity index (χ0n) is 21.7. The molecule has 0 aliphatic carbocycles. The fourth-order valence-corrected chi connectivity index (χ4v) is 7.39. The second-order valence-electron chi connectivity index (χ2n) is 8.94. The summed E-state index contributed by atoms with van der Waals surface area (Å²) in [5.74, 6) is -1.89. The third-order valence-corrected chi connectivity index (χ3v) is 9.40. The number of hydrogen-bond donors (Lipinski definition) is 3. The third-order valence-electron chi connectivity index (χ3n) is 6.38. The van der Waals surface area contributed by atoms with Crippen LogP contribution in [-0.2, 0) is 19.2 Å². The first-order valence-corrected chi connectivity index (χ1v) is 15.2. The quantitative estimate of drug-likeness (QED) is 0.106. The Kier molecular flexibility index (Phi) is 7.53. The number of β-lactam (4-membered cyclic amide) rings is 1. The van der Waals surface area contributed by atoms with E-state index in [1.54, 1.807) is 9.90 Å². The second kappa shape index (κ2) is 11.4. The molecule has 14 nitrogen and oxygen atoms in total. The van der Waals surface area contributed by atoms with Gasteiger partial charge in [-0.3, -0.25) is 14.5 Å². The monoisotopic (exact) mass is 623 g/mol. The highest BCUT2D eigenvalue weighted by Gasteiger charge is 2.54. The lowest BCUT2D eigenvalue weighted by molar-refractivity contribution is -0.150. The number of aliphatic carboxylic acids is 1. The minimum atomic E-state index is -1.23. The Hall–Kier alpha value is -4.48. The molecule has 2 atom stereocenters. The lowest BCUT2D eigenvalue weighted by Crippen LogP contribution is -2.71. The van der Waals surface area contributed by atoms with E-state index in [0.29, 0.717) is 22.1 Å². The molecule has 17 heteroatoms. The van der Waals surface area contributed by atoms with Crippen molar-refractivity contribution in [1.29, 1.82) is 0 Å². The molecule has 0 unspecified atom stereocenters. The summed E-state index contributed by atoms with van der Waals surface area (Å²) in [6.07, 6.45) is 0. The molecule has 1 saturated heterocycles. The number of carboxylic acid groups (broad SMARTS) is 1. The molecular weight excluding hydrogens is 603 g/mol. The number of anilines is 1. The van der Waals surface area contributed by atoms with E-state index in [0.717, 1.165) is 22.6 Å². The van der Waals surface area contributed by atoms with Crippen LogP contribution < -0.4 is 11.1 Å². The van der Waals surface area contributed by atoms with Gasteiger partial charge in [0.15, 0.2) is 16.5 Å². The van der Waals surface area contributed by atoms with Crippen LogP contribution in [0.25, 0.3) is 16.9 Å². The summed E-state index contributed by atoms with van der Waals surface area (Å²) < 4.78 is 1.61. The summed E-state index contributed by atoms with van der Waals surface area (Å²) in [5.41, 5.74) is 8.39. The molecule has 214 valence electrons. The molecule has 3 aromatic heterocycles. The number of thioether (sulfide) groups is 2. The highest BCUT2D eigenvalue weighted by Crippen LogP contribution is 2.41. The standard InChI is InChI=1S/C25H21N9O5S3/c1-39-32-17(15-11-41-24(26)27-15)20(35)28-18-21(36)33-19(23(37)38)13(9-40-22(18)33)10-42-25-30-29-16-8-7-14(31-34(16)25)12-5-3-2-4-6-12/h2-8,11,18,22H,9-10H2,1H3,(H2,26,27)(H,28,35)(H,37,38)/b32-17-/t18-,22+/m1/s1. The van der Waals surface area contributed by atoms with Gasteiger partial charge in [0.25, 0.3) is 11.8 Å². The number of benzene rings is 1. The van der Waals surface area contributed by atoms with Gasteiger partial charge < -0.3 is 21.0 Å². The summed E-state index contributed by atoms with van der Waals surface area (Å²) in [7, 11) is 1.28. The largest absolute Gasteiger partial charge is 0.477 e. The number of oxime groups is 1. The summed E-state index contributed by atoms with van der Waals surface area (Å²) in [4.78, 5) is 48.5. The van der Waals surface area contributed by atoms with Gasteiger partial charge in [0, 0.05) is 22.4 Å². The molecule has 42 heavy (non-hydrogen) atoms. The highest BCUT2D eigenvalue weighted by atomic mass is 32.2. The molecule has 1 aromatic carbocycles. The lowest BCUT2D eigenvalue weighted by atomic mass is 10.0. The smallest absolute Gasteiger partial charge is 0.352 e. The summed E-state index contributed by atoms with van der Waals surface area (Å²) in [6, 6.07) is 12.4. The van der Waals surface area contributed by atoms with Crippen molar-refractivity contribution in [3.05, 3.63) is 64.8 Å². The molecule has 6 rings (SSSR count). The first-order valence-electron chi connectivity index (χ1n) is 12.3. The maximum Gasteiger partial charge on any atom is 0.352 e. The predicted molar refractivity (Wildman–Crippen MR) is 157 cm³/mol. The minimum Gasteiger partial charge on any atom is -0.477 e. The molecule has 0 bridgehead atoms. The first kappa shape index (κ1) is 27.7. The van der Waals surface area contributed by atoms with Crippen molar-refractivity contribution in [3.63, 3.8) is 0 Å². The number of hydrogen-bond acceptors (Lipinski definition) is 13. The molecule has 0 radical (unpaired) electrons. The molecule has 2 aliphatic heterocycles. The molecule has 4 aromatic rings. The van der Waals surface area contributed by atoms with E-state index in [4.69, 9.17) is 10.6 Å². The Morgan fingerprint density at radius 2 is 2.05 bits per heavy atom. The number of carbonyl (C=O) groups excluding carboxylic acids is 2. The van der Waals surface area contributed by atoms with Crippen LogP contribution >= 0.6 is 34.9 Å². The number of nitrogens with two attached hydrogens (primary N) is 1. The summed E-state index contributed by atoms with van der Waals surface area (Å²) in [5, 5.41) is 31.2. The van der Waals surface area contributed by atoms with Crippen LogP contribution in [0.2, 0.25) is 0 Å². The Morgan fingerprint density at radius 3 is 2.76 bits per heavy atom. The molecule has 2 aliphatic rings. The Labute approximate surface area is 250 Å². The molecule has 1 fully saturated rings. The van der Waals surface area contributed by atoms with Crippen molar-refractivity contribution >= 4 is 69.1 Å².